The van der Waals surface area contributed by atoms with E-state index in [1.807, 2.05) is 0 Å². The van der Waals surface area contributed by atoms with E-state index in [1.54, 1.807) is 13.8 Å². The largest absolute Gasteiger partial charge is 0.506 e. The molecule has 0 unspecified atom stereocenters. The summed E-state index contributed by atoms with van der Waals surface area (Å²) in [5, 5.41) is 9.53. The predicted octanol–water partition coefficient (Wildman–Crippen LogP) is 1.62. The van der Waals surface area contributed by atoms with E-state index in [1.165, 1.54) is 12.3 Å². The van der Waals surface area contributed by atoms with Crippen LogP contribution in [0.15, 0.2) is 12.3 Å². The molecule has 1 aromatic heterocycles. The molecule has 5 heteroatoms. The molecule has 0 radical (unpaired) electrons. The molecule has 0 aromatic carbocycles. The van der Waals surface area contributed by atoms with Crippen molar-refractivity contribution in [3.63, 3.8) is 0 Å². The fourth-order valence-corrected chi connectivity index (χ4v) is 1.34. The number of aromatic hydroxyl groups is 1. The van der Waals surface area contributed by atoms with Crippen molar-refractivity contribution < 1.29 is 19.4 Å². The highest BCUT2D eigenvalue weighted by atomic mass is 16.5. The predicted molar refractivity (Wildman–Crippen MR) is 60.8 cm³/mol. The first-order valence-corrected chi connectivity index (χ1v) is 5.39. The molecule has 0 atom stereocenters. The van der Waals surface area contributed by atoms with Gasteiger partial charge in [-0.15, -0.1) is 0 Å². The molecule has 17 heavy (non-hydrogen) atoms. The molecular formula is C12H15NO4. The van der Waals surface area contributed by atoms with Crippen LogP contribution in [0.25, 0.3) is 0 Å². The number of nitrogens with zero attached hydrogens (tertiary/aromatic N) is 1. The van der Waals surface area contributed by atoms with E-state index in [0.29, 0.717) is 6.61 Å². The van der Waals surface area contributed by atoms with E-state index < -0.39 is 5.97 Å². The lowest BCUT2D eigenvalue weighted by Gasteiger charge is -2.04. The van der Waals surface area contributed by atoms with E-state index in [4.69, 9.17) is 4.74 Å². The monoisotopic (exact) mass is 237 g/mol. The van der Waals surface area contributed by atoms with Gasteiger partial charge >= 0.3 is 5.97 Å². The number of rotatable bonds is 5. The molecule has 92 valence electrons. The molecule has 0 aliphatic rings. The molecule has 0 aliphatic carbocycles. The molecular weight excluding hydrogens is 222 g/mol. The van der Waals surface area contributed by atoms with E-state index in [9.17, 15) is 14.7 Å². The summed E-state index contributed by atoms with van der Waals surface area (Å²) in [5.41, 5.74) is 0.768. The Morgan fingerprint density at radius 3 is 2.71 bits per heavy atom. The van der Waals surface area contributed by atoms with E-state index in [2.05, 4.69) is 4.98 Å². The van der Waals surface area contributed by atoms with E-state index in [-0.39, 0.29) is 30.1 Å². The van der Waals surface area contributed by atoms with Crippen LogP contribution in [0.4, 0.5) is 0 Å². The number of hydrogen-bond acceptors (Lipinski definition) is 5. The lowest BCUT2D eigenvalue weighted by atomic mass is 10.1. The fourth-order valence-electron chi connectivity index (χ4n) is 1.34. The summed E-state index contributed by atoms with van der Waals surface area (Å²) in [6.07, 6.45) is 1.49. The van der Waals surface area contributed by atoms with Gasteiger partial charge in [0.15, 0.2) is 5.78 Å². The molecule has 0 saturated heterocycles. The average molecular weight is 237 g/mol. The molecule has 1 N–H and O–H groups in total. The Bertz CT molecular complexity index is 429. The minimum atomic E-state index is -0.424. The van der Waals surface area contributed by atoms with Crippen LogP contribution in [0.1, 0.15) is 35.8 Å². The lowest BCUT2D eigenvalue weighted by Crippen LogP contribution is -2.09. The second-order valence-corrected chi connectivity index (χ2v) is 3.61. The molecule has 0 spiro atoms. The fraction of sp³-hybridized carbons (Fsp3) is 0.417. The molecule has 0 fully saturated rings. The third kappa shape index (κ3) is 3.86. The van der Waals surface area contributed by atoms with Gasteiger partial charge in [-0.25, -0.2) is 4.98 Å². The minimum Gasteiger partial charge on any atom is -0.506 e. The highest BCUT2D eigenvalue weighted by Gasteiger charge is 2.14. The van der Waals surface area contributed by atoms with Crippen molar-refractivity contribution in [1.82, 2.24) is 4.98 Å². The average Bonchev–Trinajstić information content (AvgIpc) is 2.26. The van der Waals surface area contributed by atoms with Crippen LogP contribution in [0.5, 0.6) is 5.75 Å². The van der Waals surface area contributed by atoms with Gasteiger partial charge in [0, 0.05) is 12.6 Å². The SMILES string of the molecule is CCOC(=O)CCC(=O)c1ncc(C)cc1O. The number of carbonyl (C=O) groups excluding carboxylic acids is 2. The van der Waals surface area contributed by atoms with Gasteiger partial charge < -0.3 is 9.84 Å². The van der Waals surface area contributed by atoms with Gasteiger partial charge in [0.1, 0.15) is 11.4 Å². The number of Topliss-reactive ketones (excluding diaryl/α,β-unsaturated/α-hetero) is 1. The first kappa shape index (κ1) is 13.2. The Kier molecular flexibility index (Phi) is 4.63. The first-order valence-electron chi connectivity index (χ1n) is 5.39. The third-order valence-corrected chi connectivity index (χ3v) is 2.13. The zero-order valence-corrected chi connectivity index (χ0v) is 9.90. The summed E-state index contributed by atoms with van der Waals surface area (Å²) in [5.74, 6) is -0.943. The number of ketones is 1. The Labute approximate surface area is 99.4 Å². The van der Waals surface area contributed by atoms with Gasteiger partial charge in [0.25, 0.3) is 0 Å². The minimum absolute atomic E-state index is 0.0000940. The number of carbonyl (C=O) groups is 2. The van der Waals surface area contributed by atoms with Gasteiger partial charge in [0.05, 0.1) is 13.0 Å². The molecule has 0 amide bonds. The van der Waals surface area contributed by atoms with Gasteiger partial charge in [-0.2, -0.15) is 0 Å². The summed E-state index contributed by atoms with van der Waals surface area (Å²) in [7, 11) is 0. The first-order chi connectivity index (χ1) is 8.04. The third-order valence-electron chi connectivity index (χ3n) is 2.13. The Balaban J connectivity index is 2.61. The van der Waals surface area contributed by atoms with Gasteiger partial charge in [0.2, 0.25) is 0 Å². The van der Waals surface area contributed by atoms with Crippen LogP contribution >= 0.6 is 0 Å². The summed E-state index contributed by atoms with van der Waals surface area (Å²) < 4.78 is 4.70. The summed E-state index contributed by atoms with van der Waals surface area (Å²) >= 11 is 0. The van der Waals surface area contributed by atoms with E-state index >= 15 is 0 Å². The molecule has 1 heterocycles. The molecule has 5 nitrogen and oxygen atoms in total. The Morgan fingerprint density at radius 2 is 2.12 bits per heavy atom. The zero-order chi connectivity index (χ0) is 12.8. The van der Waals surface area contributed by atoms with Crippen molar-refractivity contribution in [1.29, 1.82) is 0 Å². The molecule has 1 rings (SSSR count). The highest BCUT2D eigenvalue weighted by molar-refractivity contribution is 5.98. The maximum atomic E-state index is 11.7. The summed E-state index contributed by atoms with van der Waals surface area (Å²) in [6, 6.07) is 1.46. The van der Waals surface area contributed by atoms with Crippen molar-refractivity contribution in [2.45, 2.75) is 26.7 Å². The van der Waals surface area contributed by atoms with Crippen molar-refractivity contribution in [2.75, 3.05) is 6.61 Å². The topological polar surface area (TPSA) is 76.5 Å². The van der Waals surface area contributed by atoms with Crippen molar-refractivity contribution >= 4 is 11.8 Å². The van der Waals surface area contributed by atoms with E-state index in [0.717, 1.165) is 5.56 Å². The van der Waals surface area contributed by atoms with Crippen LogP contribution in [0.3, 0.4) is 0 Å². The summed E-state index contributed by atoms with van der Waals surface area (Å²) in [6.45, 7) is 3.76. The van der Waals surface area contributed by atoms with Crippen LogP contribution in [-0.4, -0.2) is 28.4 Å². The normalized spacial score (nSPS) is 10.0. The van der Waals surface area contributed by atoms with Crippen LogP contribution in [-0.2, 0) is 9.53 Å². The second-order valence-electron chi connectivity index (χ2n) is 3.61. The maximum absolute atomic E-state index is 11.7. The number of hydrogen-bond donors (Lipinski definition) is 1. The molecule has 0 bridgehead atoms. The Hall–Kier alpha value is -1.91. The lowest BCUT2D eigenvalue weighted by molar-refractivity contribution is -0.143. The number of esters is 1. The number of aryl methyl sites for hydroxylation is 1. The van der Waals surface area contributed by atoms with Crippen LogP contribution in [0, 0.1) is 6.92 Å². The highest BCUT2D eigenvalue weighted by Crippen LogP contribution is 2.17. The van der Waals surface area contributed by atoms with Gasteiger partial charge in [-0.3, -0.25) is 9.59 Å². The van der Waals surface area contributed by atoms with Crippen LogP contribution < -0.4 is 0 Å². The number of ether oxygens (including phenoxy) is 1. The molecule has 0 saturated carbocycles. The maximum Gasteiger partial charge on any atom is 0.306 e. The zero-order valence-electron chi connectivity index (χ0n) is 9.90. The van der Waals surface area contributed by atoms with Crippen molar-refractivity contribution in [3.8, 4) is 5.75 Å². The molecule has 0 aliphatic heterocycles. The summed E-state index contributed by atoms with van der Waals surface area (Å²) in [4.78, 5) is 26.6. The molecule has 1 aromatic rings. The van der Waals surface area contributed by atoms with Gasteiger partial charge in [-0.1, -0.05) is 0 Å². The van der Waals surface area contributed by atoms with Crippen molar-refractivity contribution in [3.05, 3.63) is 23.5 Å². The Morgan fingerprint density at radius 1 is 1.41 bits per heavy atom. The standard InChI is InChI=1S/C12H15NO4/c1-3-17-11(16)5-4-9(14)12-10(15)6-8(2)7-13-12/h6-7,15H,3-5H2,1-2H3. The number of aromatic nitrogens is 1. The smallest absolute Gasteiger partial charge is 0.306 e. The number of pyridine rings is 1. The van der Waals surface area contributed by atoms with Crippen LogP contribution in [0.2, 0.25) is 0 Å². The second kappa shape index (κ2) is 5.98. The van der Waals surface area contributed by atoms with Crippen molar-refractivity contribution in [2.24, 2.45) is 0 Å². The quantitative estimate of drug-likeness (QED) is 0.622. The van der Waals surface area contributed by atoms with Gasteiger partial charge in [-0.05, 0) is 25.5 Å².